The molecule has 2 aromatic rings. The van der Waals surface area contributed by atoms with Crippen molar-refractivity contribution in [2.24, 2.45) is 0 Å². The molecule has 0 saturated heterocycles. The van der Waals surface area contributed by atoms with Crippen LogP contribution in [0.2, 0.25) is 0 Å². The first-order valence-corrected chi connectivity index (χ1v) is 5.83. The zero-order valence-corrected chi connectivity index (χ0v) is 10.0. The van der Waals surface area contributed by atoms with E-state index < -0.39 is 0 Å². The number of carbonyl (C=O) groups is 1. The van der Waals surface area contributed by atoms with Gasteiger partial charge in [0.15, 0.2) is 0 Å². The molecular formula is C14H13N3O. The van der Waals surface area contributed by atoms with Gasteiger partial charge in [0, 0.05) is 31.7 Å². The molecule has 3 rings (SSSR count). The molecule has 1 aromatic heterocycles. The second kappa shape index (κ2) is 4.14. The largest absolute Gasteiger partial charge is 0.387 e. The average Bonchev–Trinajstić information content (AvgIpc) is 2.81. The predicted octanol–water partition coefficient (Wildman–Crippen LogP) is 2.03. The normalized spacial score (nSPS) is 13.1. The second-order valence-corrected chi connectivity index (χ2v) is 4.18. The molecule has 1 aromatic carbocycles. The summed E-state index contributed by atoms with van der Waals surface area (Å²) < 4.78 is 0. The van der Waals surface area contributed by atoms with E-state index in [2.05, 4.69) is 15.6 Å². The standard InChI is InChI=1S/C14H13N3O/c1-15-12-3-2-10(9-4-6-16-7-5-9)11-8-17-14(18)13(11)12/h2-7,15H,8H2,1H3,(H,17,18). The van der Waals surface area contributed by atoms with Crippen LogP contribution in [0, 0.1) is 0 Å². The van der Waals surface area contributed by atoms with E-state index in [9.17, 15) is 4.79 Å². The summed E-state index contributed by atoms with van der Waals surface area (Å²) in [6.07, 6.45) is 3.52. The molecule has 0 saturated carbocycles. The molecule has 0 atom stereocenters. The third-order valence-electron chi connectivity index (χ3n) is 3.23. The van der Waals surface area contributed by atoms with Crippen LogP contribution in [0.15, 0.2) is 36.7 Å². The first-order valence-electron chi connectivity index (χ1n) is 5.83. The maximum Gasteiger partial charge on any atom is 0.254 e. The number of nitrogens with zero attached hydrogens (tertiary/aromatic N) is 1. The topological polar surface area (TPSA) is 54.0 Å². The maximum absolute atomic E-state index is 11.9. The van der Waals surface area contributed by atoms with E-state index >= 15 is 0 Å². The minimum atomic E-state index is -0.00902. The summed E-state index contributed by atoms with van der Waals surface area (Å²) in [7, 11) is 1.83. The van der Waals surface area contributed by atoms with Crippen LogP contribution in [-0.2, 0) is 6.54 Å². The molecule has 0 bridgehead atoms. The number of benzene rings is 1. The molecule has 0 unspecified atom stereocenters. The zero-order chi connectivity index (χ0) is 12.5. The van der Waals surface area contributed by atoms with Crippen LogP contribution in [0.25, 0.3) is 11.1 Å². The number of hydrogen-bond acceptors (Lipinski definition) is 3. The highest BCUT2D eigenvalue weighted by Gasteiger charge is 2.25. The number of fused-ring (bicyclic) bond motifs is 1. The SMILES string of the molecule is CNc1ccc(-c2ccncc2)c2c1C(=O)NC2. The third-order valence-corrected chi connectivity index (χ3v) is 3.23. The van der Waals surface area contributed by atoms with Crippen LogP contribution in [0.3, 0.4) is 0 Å². The Kier molecular flexibility index (Phi) is 2.48. The van der Waals surface area contributed by atoms with Crippen molar-refractivity contribution in [1.82, 2.24) is 10.3 Å². The van der Waals surface area contributed by atoms with Gasteiger partial charge in [0.05, 0.1) is 5.56 Å². The highest BCUT2D eigenvalue weighted by atomic mass is 16.1. The van der Waals surface area contributed by atoms with Crippen molar-refractivity contribution in [3.05, 3.63) is 47.8 Å². The van der Waals surface area contributed by atoms with Crippen LogP contribution in [-0.4, -0.2) is 17.9 Å². The van der Waals surface area contributed by atoms with Crippen molar-refractivity contribution in [2.75, 3.05) is 12.4 Å². The molecule has 0 spiro atoms. The van der Waals surface area contributed by atoms with Gasteiger partial charge in [-0.15, -0.1) is 0 Å². The monoisotopic (exact) mass is 239 g/mol. The quantitative estimate of drug-likeness (QED) is 0.843. The van der Waals surface area contributed by atoms with E-state index in [1.165, 1.54) is 0 Å². The summed E-state index contributed by atoms with van der Waals surface area (Å²) in [5.74, 6) is -0.00902. The van der Waals surface area contributed by atoms with Gasteiger partial charge in [0.2, 0.25) is 0 Å². The zero-order valence-electron chi connectivity index (χ0n) is 10.0. The number of carbonyl (C=O) groups excluding carboxylic acids is 1. The maximum atomic E-state index is 11.9. The molecule has 1 aliphatic rings. The fourth-order valence-corrected chi connectivity index (χ4v) is 2.36. The fourth-order valence-electron chi connectivity index (χ4n) is 2.36. The van der Waals surface area contributed by atoms with Crippen molar-refractivity contribution >= 4 is 11.6 Å². The highest BCUT2D eigenvalue weighted by Crippen LogP contribution is 2.33. The van der Waals surface area contributed by atoms with Gasteiger partial charge < -0.3 is 10.6 Å². The van der Waals surface area contributed by atoms with E-state index in [1.807, 2.05) is 31.3 Å². The van der Waals surface area contributed by atoms with Crippen LogP contribution in [0.5, 0.6) is 0 Å². The minimum absolute atomic E-state index is 0.00902. The summed E-state index contributed by atoms with van der Waals surface area (Å²) in [5.41, 5.74) is 4.85. The summed E-state index contributed by atoms with van der Waals surface area (Å²) in [6.45, 7) is 0.585. The Balaban J connectivity index is 2.22. The lowest BCUT2D eigenvalue weighted by Crippen LogP contribution is -2.13. The van der Waals surface area contributed by atoms with Crippen molar-refractivity contribution in [1.29, 1.82) is 0 Å². The Labute approximate surface area is 105 Å². The number of nitrogens with one attached hydrogen (secondary N) is 2. The van der Waals surface area contributed by atoms with Gasteiger partial charge in [-0.1, -0.05) is 6.07 Å². The smallest absolute Gasteiger partial charge is 0.254 e. The van der Waals surface area contributed by atoms with Gasteiger partial charge in [-0.3, -0.25) is 9.78 Å². The van der Waals surface area contributed by atoms with Gasteiger partial charge in [0.1, 0.15) is 0 Å². The van der Waals surface area contributed by atoms with Crippen molar-refractivity contribution in [3.8, 4) is 11.1 Å². The summed E-state index contributed by atoms with van der Waals surface area (Å²) >= 11 is 0. The predicted molar refractivity (Wildman–Crippen MR) is 70.4 cm³/mol. The van der Waals surface area contributed by atoms with E-state index in [1.54, 1.807) is 12.4 Å². The fraction of sp³-hybridized carbons (Fsp3) is 0.143. The van der Waals surface area contributed by atoms with Crippen LogP contribution >= 0.6 is 0 Å². The molecule has 90 valence electrons. The van der Waals surface area contributed by atoms with Gasteiger partial charge in [0.25, 0.3) is 5.91 Å². The molecule has 4 nitrogen and oxygen atoms in total. The van der Waals surface area contributed by atoms with E-state index in [-0.39, 0.29) is 5.91 Å². The van der Waals surface area contributed by atoms with E-state index in [4.69, 9.17) is 0 Å². The van der Waals surface area contributed by atoms with Crippen LogP contribution < -0.4 is 10.6 Å². The lowest BCUT2D eigenvalue weighted by atomic mass is 9.96. The van der Waals surface area contributed by atoms with E-state index in [0.717, 1.165) is 27.9 Å². The molecule has 2 N–H and O–H groups in total. The molecule has 4 heteroatoms. The molecule has 18 heavy (non-hydrogen) atoms. The number of aromatic nitrogens is 1. The Bertz CT molecular complexity index is 608. The Morgan fingerprint density at radius 3 is 2.72 bits per heavy atom. The van der Waals surface area contributed by atoms with Gasteiger partial charge in [-0.2, -0.15) is 0 Å². The van der Waals surface area contributed by atoms with Crippen LogP contribution in [0.1, 0.15) is 15.9 Å². The average molecular weight is 239 g/mol. The Morgan fingerprint density at radius 2 is 2.00 bits per heavy atom. The molecule has 0 aliphatic carbocycles. The second-order valence-electron chi connectivity index (χ2n) is 4.18. The number of pyridine rings is 1. The third kappa shape index (κ3) is 1.54. The Hall–Kier alpha value is -2.36. The molecule has 1 aliphatic heterocycles. The lowest BCUT2D eigenvalue weighted by Gasteiger charge is -2.10. The summed E-state index contributed by atoms with van der Waals surface area (Å²) in [5, 5.41) is 5.94. The first-order chi connectivity index (χ1) is 8.81. The minimum Gasteiger partial charge on any atom is -0.387 e. The van der Waals surface area contributed by atoms with Gasteiger partial charge >= 0.3 is 0 Å². The molecular weight excluding hydrogens is 226 g/mol. The number of amides is 1. The van der Waals surface area contributed by atoms with Crippen molar-refractivity contribution in [2.45, 2.75) is 6.54 Å². The van der Waals surface area contributed by atoms with Crippen LogP contribution in [0.4, 0.5) is 5.69 Å². The summed E-state index contributed by atoms with van der Waals surface area (Å²) in [4.78, 5) is 15.9. The molecule has 2 heterocycles. The number of anilines is 1. The molecule has 0 radical (unpaired) electrons. The van der Waals surface area contributed by atoms with Crippen molar-refractivity contribution < 1.29 is 4.79 Å². The summed E-state index contributed by atoms with van der Waals surface area (Å²) in [6, 6.07) is 7.90. The van der Waals surface area contributed by atoms with Gasteiger partial charge in [-0.25, -0.2) is 0 Å². The first kappa shape index (κ1) is 10.8. The number of rotatable bonds is 2. The number of hydrogen-bond donors (Lipinski definition) is 2. The Morgan fingerprint density at radius 1 is 1.22 bits per heavy atom. The molecule has 1 amide bonds. The van der Waals surface area contributed by atoms with Crippen molar-refractivity contribution in [3.63, 3.8) is 0 Å². The van der Waals surface area contributed by atoms with E-state index in [0.29, 0.717) is 6.54 Å². The highest BCUT2D eigenvalue weighted by molar-refractivity contribution is 6.05. The van der Waals surface area contributed by atoms with Gasteiger partial charge in [-0.05, 0) is 34.9 Å². The lowest BCUT2D eigenvalue weighted by molar-refractivity contribution is 0.0966. The molecule has 0 fully saturated rings.